The summed E-state index contributed by atoms with van der Waals surface area (Å²) in [6.45, 7) is 2.12. The number of carbonyl (C=O) groups excluding carboxylic acids is 1. The highest BCUT2D eigenvalue weighted by atomic mass is 16.6. The highest BCUT2D eigenvalue weighted by molar-refractivity contribution is 5.89. The number of rotatable bonds is 6. The number of benzene rings is 2. The van der Waals surface area contributed by atoms with Gasteiger partial charge in [0.05, 0.1) is 5.56 Å². The van der Waals surface area contributed by atoms with Gasteiger partial charge in [-0.15, -0.1) is 0 Å². The van der Waals surface area contributed by atoms with E-state index in [1.165, 1.54) is 0 Å². The summed E-state index contributed by atoms with van der Waals surface area (Å²) < 4.78 is 15.7. The molecule has 0 N–H and O–H groups in total. The predicted octanol–water partition coefficient (Wildman–Crippen LogP) is 3.31. The van der Waals surface area contributed by atoms with Crippen molar-refractivity contribution >= 4 is 5.97 Å². The average molecular weight is 324 g/mol. The Hall–Kier alpha value is -3.15. The van der Waals surface area contributed by atoms with E-state index in [1.54, 1.807) is 31.2 Å². The van der Waals surface area contributed by atoms with Gasteiger partial charge in [-0.2, -0.15) is 4.98 Å². The van der Waals surface area contributed by atoms with Crippen molar-refractivity contribution in [3.8, 4) is 5.75 Å². The van der Waals surface area contributed by atoms with Crippen molar-refractivity contribution in [3.05, 3.63) is 77.4 Å². The third-order valence-corrected chi connectivity index (χ3v) is 3.23. The molecule has 6 heteroatoms. The van der Waals surface area contributed by atoms with Crippen molar-refractivity contribution in [1.29, 1.82) is 0 Å². The molecule has 0 atom stereocenters. The van der Waals surface area contributed by atoms with Crippen molar-refractivity contribution in [2.45, 2.75) is 20.1 Å². The van der Waals surface area contributed by atoms with Gasteiger partial charge >= 0.3 is 5.97 Å². The predicted molar refractivity (Wildman–Crippen MR) is 85.4 cm³/mol. The first kappa shape index (κ1) is 15.7. The Kier molecular flexibility index (Phi) is 4.86. The standard InChI is InChI=1S/C18H16N2O4/c1-13-19-17(24-20-13)12-23-18(21)15-7-9-16(10-8-15)22-11-14-5-3-2-4-6-14/h2-10H,11-12H2,1H3. The summed E-state index contributed by atoms with van der Waals surface area (Å²) in [6, 6.07) is 16.6. The first-order valence-corrected chi connectivity index (χ1v) is 7.44. The van der Waals surface area contributed by atoms with E-state index in [-0.39, 0.29) is 12.5 Å². The second kappa shape index (κ2) is 7.41. The smallest absolute Gasteiger partial charge is 0.338 e. The molecule has 0 spiro atoms. The number of esters is 1. The molecule has 0 aliphatic rings. The molecule has 0 bridgehead atoms. The lowest BCUT2D eigenvalue weighted by molar-refractivity contribution is 0.0430. The molecule has 0 saturated carbocycles. The molecule has 0 amide bonds. The highest BCUT2D eigenvalue weighted by Gasteiger charge is 2.10. The van der Waals surface area contributed by atoms with Crippen LogP contribution in [-0.2, 0) is 18.0 Å². The lowest BCUT2D eigenvalue weighted by Crippen LogP contribution is -2.05. The number of nitrogens with zero attached hydrogens (tertiary/aromatic N) is 2. The summed E-state index contributed by atoms with van der Waals surface area (Å²) >= 11 is 0. The minimum absolute atomic E-state index is 0.0497. The zero-order valence-electron chi connectivity index (χ0n) is 13.1. The van der Waals surface area contributed by atoms with Crippen LogP contribution in [-0.4, -0.2) is 16.1 Å². The van der Waals surface area contributed by atoms with Gasteiger partial charge in [-0.3, -0.25) is 0 Å². The zero-order chi connectivity index (χ0) is 16.8. The fourth-order valence-corrected chi connectivity index (χ4v) is 2.04. The summed E-state index contributed by atoms with van der Waals surface area (Å²) in [6.07, 6.45) is 0. The molecule has 3 rings (SSSR count). The van der Waals surface area contributed by atoms with Crippen LogP contribution in [0.4, 0.5) is 0 Å². The normalized spacial score (nSPS) is 10.4. The second-order valence-electron chi connectivity index (χ2n) is 5.11. The molecule has 0 fully saturated rings. The molecule has 0 saturated heterocycles. The van der Waals surface area contributed by atoms with E-state index < -0.39 is 5.97 Å². The van der Waals surface area contributed by atoms with Gasteiger partial charge in [0.2, 0.25) is 0 Å². The van der Waals surface area contributed by atoms with Crippen LogP contribution in [0.5, 0.6) is 5.75 Å². The minimum Gasteiger partial charge on any atom is -0.489 e. The van der Waals surface area contributed by atoms with Gasteiger partial charge in [0.25, 0.3) is 5.89 Å². The van der Waals surface area contributed by atoms with Gasteiger partial charge in [-0.1, -0.05) is 35.5 Å². The Balaban J connectivity index is 1.52. The SMILES string of the molecule is Cc1noc(COC(=O)c2ccc(OCc3ccccc3)cc2)n1. The van der Waals surface area contributed by atoms with Crippen LogP contribution in [0.15, 0.2) is 59.1 Å². The Bertz CT molecular complexity index is 797. The number of aryl methyl sites for hydroxylation is 1. The van der Waals surface area contributed by atoms with Gasteiger partial charge in [0, 0.05) is 0 Å². The lowest BCUT2D eigenvalue weighted by atomic mass is 10.2. The number of aromatic nitrogens is 2. The van der Waals surface area contributed by atoms with E-state index in [2.05, 4.69) is 10.1 Å². The molecule has 3 aromatic rings. The molecule has 24 heavy (non-hydrogen) atoms. The van der Waals surface area contributed by atoms with Crippen molar-refractivity contribution < 1.29 is 18.8 Å². The lowest BCUT2D eigenvalue weighted by Gasteiger charge is -2.07. The quantitative estimate of drug-likeness (QED) is 0.648. The summed E-state index contributed by atoms with van der Waals surface area (Å²) in [5.74, 6) is 0.994. The van der Waals surface area contributed by atoms with Gasteiger partial charge < -0.3 is 14.0 Å². The molecule has 2 aromatic carbocycles. The average Bonchev–Trinajstić information content (AvgIpc) is 3.04. The van der Waals surface area contributed by atoms with E-state index in [0.717, 1.165) is 5.56 Å². The van der Waals surface area contributed by atoms with E-state index >= 15 is 0 Å². The number of hydrogen-bond donors (Lipinski definition) is 0. The summed E-state index contributed by atoms with van der Waals surface area (Å²) in [7, 11) is 0. The molecule has 122 valence electrons. The Labute approximate surface area is 139 Å². The minimum atomic E-state index is -0.458. The fourth-order valence-electron chi connectivity index (χ4n) is 2.04. The molecule has 6 nitrogen and oxygen atoms in total. The van der Waals surface area contributed by atoms with Crippen molar-refractivity contribution in [2.24, 2.45) is 0 Å². The Morgan fingerprint density at radius 1 is 1.04 bits per heavy atom. The van der Waals surface area contributed by atoms with Crippen LogP contribution in [0.2, 0.25) is 0 Å². The Morgan fingerprint density at radius 3 is 2.46 bits per heavy atom. The number of ether oxygens (including phenoxy) is 2. The molecule has 0 radical (unpaired) electrons. The van der Waals surface area contributed by atoms with Crippen LogP contribution >= 0.6 is 0 Å². The van der Waals surface area contributed by atoms with Gasteiger partial charge in [-0.25, -0.2) is 4.79 Å². The third kappa shape index (κ3) is 4.19. The van der Waals surface area contributed by atoms with Crippen LogP contribution in [0, 0.1) is 6.92 Å². The maximum atomic E-state index is 12.0. The monoisotopic (exact) mass is 324 g/mol. The van der Waals surface area contributed by atoms with E-state index in [0.29, 0.717) is 23.7 Å². The van der Waals surface area contributed by atoms with Gasteiger partial charge in [0.15, 0.2) is 12.4 Å². The van der Waals surface area contributed by atoms with E-state index in [4.69, 9.17) is 14.0 Å². The molecule has 0 aliphatic carbocycles. The summed E-state index contributed by atoms with van der Waals surface area (Å²) in [4.78, 5) is 15.9. The van der Waals surface area contributed by atoms with E-state index in [1.807, 2.05) is 30.3 Å². The van der Waals surface area contributed by atoms with Gasteiger partial charge in [-0.05, 0) is 36.8 Å². The van der Waals surface area contributed by atoms with Crippen LogP contribution < -0.4 is 4.74 Å². The topological polar surface area (TPSA) is 74.5 Å². The molecular weight excluding hydrogens is 308 g/mol. The molecule has 0 unspecified atom stereocenters. The zero-order valence-corrected chi connectivity index (χ0v) is 13.1. The molecular formula is C18H16N2O4. The van der Waals surface area contributed by atoms with E-state index in [9.17, 15) is 4.79 Å². The Morgan fingerprint density at radius 2 is 1.79 bits per heavy atom. The van der Waals surface area contributed by atoms with Crippen LogP contribution in [0.3, 0.4) is 0 Å². The van der Waals surface area contributed by atoms with Gasteiger partial charge in [0.1, 0.15) is 12.4 Å². The van der Waals surface area contributed by atoms with Crippen molar-refractivity contribution in [3.63, 3.8) is 0 Å². The maximum Gasteiger partial charge on any atom is 0.338 e. The summed E-state index contributed by atoms with van der Waals surface area (Å²) in [5, 5.41) is 3.63. The molecule has 1 aromatic heterocycles. The molecule has 0 aliphatic heterocycles. The first-order valence-electron chi connectivity index (χ1n) is 7.44. The highest BCUT2D eigenvalue weighted by Crippen LogP contribution is 2.15. The van der Waals surface area contributed by atoms with Crippen LogP contribution in [0.25, 0.3) is 0 Å². The second-order valence-corrected chi connectivity index (χ2v) is 5.11. The molecule has 1 heterocycles. The number of carbonyl (C=O) groups is 1. The largest absolute Gasteiger partial charge is 0.489 e. The van der Waals surface area contributed by atoms with Crippen molar-refractivity contribution in [1.82, 2.24) is 10.1 Å². The fraction of sp³-hybridized carbons (Fsp3) is 0.167. The van der Waals surface area contributed by atoms with Crippen LogP contribution in [0.1, 0.15) is 27.6 Å². The summed E-state index contributed by atoms with van der Waals surface area (Å²) in [5.41, 5.74) is 1.51. The van der Waals surface area contributed by atoms with Crippen molar-refractivity contribution in [2.75, 3.05) is 0 Å². The first-order chi connectivity index (χ1) is 11.7. The maximum absolute atomic E-state index is 12.0. The number of hydrogen-bond acceptors (Lipinski definition) is 6. The third-order valence-electron chi connectivity index (χ3n) is 3.23.